The molecule has 1 atom stereocenters. The zero-order valence-corrected chi connectivity index (χ0v) is 16.6. The fourth-order valence-corrected chi connectivity index (χ4v) is 3.98. The maximum Gasteiger partial charge on any atom is 0.227 e. The Hall–Kier alpha value is -2.66. The second-order valence-electron chi connectivity index (χ2n) is 7.23. The number of aryl methyl sites for hydroxylation is 1. The van der Waals surface area contributed by atoms with Gasteiger partial charge < -0.3 is 14.2 Å². The summed E-state index contributed by atoms with van der Waals surface area (Å²) in [6, 6.07) is 16.5. The number of aromatic nitrogens is 2. The van der Waals surface area contributed by atoms with E-state index < -0.39 is 0 Å². The molecule has 1 fully saturated rings. The number of benzene rings is 2. The quantitative estimate of drug-likeness (QED) is 0.581. The number of anilines is 1. The number of ether oxygens (including phenoxy) is 1. The number of fused-ring (bicyclic) bond motifs is 1. The minimum absolute atomic E-state index is 0.0902. The highest BCUT2D eigenvalue weighted by atomic mass is 16.5. The first-order chi connectivity index (χ1) is 13.7. The molecule has 0 bridgehead atoms. The summed E-state index contributed by atoms with van der Waals surface area (Å²) in [6.07, 6.45) is 1.49. The van der Waals surface area contributed by atoms with E-state index in [0.717, 1.165) is 35.5 Å². The van der Waals surface area contributed by atoms with Gasteiger partial charge in [0.2, 0.25) is 5.91 Å². The Morgan fingerprint density at radius 2 is 1.89 bits per heavy atom. The molecule has 1 aliphatic rings. The zero-order chi connectivity index (χ0) is 19.5. The molecule has 5 heteroatoms. The topological polar surface area (TPSA) is 47.4 Å². The molecular formula is C23H27N3O2. The lowest BCUT2D eigenvalue weighted by Gasteiger charge is -2.18. The standard InChI is InChI=1S/C23H27N3O2/c1-3-17-9-11-19(12-10-17)26-16-18(15-22(26)27)23-24-20-7-5-6-8-21(20)25(23)13-14-28-4-2/h5-12,18H,3-4,13-16H2,1-2H3/t18-/m1/s1. The summed E-state index contributed by atoms with van der Waals surface area (Å²) in [6.45, 7) is 6.91. The summed E-state index contributed by atoms with van der Waals surface area (Å²) in [5.74, 6) is 1.24. The fraction of sp³-hybridized carbons (Fsp3) is 0.391. The molecule has 0 radical (unpaired) electrons. The van der Waals surface area contributed by atoms with Gasteiger partial charge in [0.05, 0.1) is 17.6 Å². The number of hydrogen-bond acceptors (Lipinski definition) is 3. The lowest BCUT2D eigenvalue weighted by Crippen LogP contribution is -2.24. The normalized spacial score (nSPS) is 17.0. The van der Waals surface area contributed by atoms with E-state index in [4.69, 9.17) is 9.72 Å². The number of nitrogens with zero attached hydrogens (tertiary/aromatic N) is 3. The molecule has 0 N–H and O–H groups in total. The van der Waals surface area contributed by atoms with Gasteiger partial charge in [-0.25, -0.2) is 4.98 Å². The van der Waals surface area contributed by atoms with Gasteiger partial charge in [0.1, 0.15) is 5.82 Å². The molecule has 3 aromatic rings. The molecule has 0 spiro atoms. The van der Waals surface area contributed by atoms with Gasteiger partial charge in [0.15, 0.2) is 0 Å². The van der Waals surface area contributed by atoms with Crippen LogP contribution in [-0.2, 0) is 22.5 Å². The highest BCUT2D eigenvalue weighted by Gasteiger charge is 2.34. The highest BCUT2D eigenvalue weighted by Crippen LogP contribution is 2.33. The van der Waals surface area contributed by atoms with E-state index in [9.17, 15) is 4.79 Å². The third kappa shape index (κ3) is 3.54. The molecule has 146 valence electrons. The fourth-order valence-electron chi connectivity index (χ4n) is 3.98. The molecule has 28 heavy (non-hydrogen) atoms. The van der Waals surface area contributed by atoms with Crippen molar-refractivity contribution in [3.63, 3.8) is 0 Å². The first kappa shape index (κ1) is 18.7. The van der Waals surface area contributed by atoms with Crippen LogP contribution in [0.2, 0.25) is 0 Å². The van der Waals surface area contributed by atoms with Crippen LogP contribution in [0.5, 0.6) is 0 Å². The van der Waals surface area contributed by atoms with Gasteiger partial charge in [-0.05, 0) is 43.2 Å². The van der Waals surface area contributed by atoms with E-state index in [1.165, 1.54) is 5.56 Å². The number of carbonyl (C=O) groups is 1. The van der Waals surface area contributed by atoms with E-state index in [1.807, 2.05) is 30.0 Å². The van der Waals surface area contributed by atoms with Crippen molar-refractivity contribution >= 4 is 22.6 Å². The third-order valence-corrected chi connectivity index (χ3v) is 5.49. The molecule has 4 rings (SSSR count). The molecule has 0 aliphatic carbocycles. The molecule has 5 nitrogen and oxygen atoms in total. The van der Waals surface area contributed by atoms with Crippen molar-refractivity contribution in [3.05, 3.63) is 59.9 Å². The van der Waals surface area contributed by atoms with Gasteiger partial charge >= 0.3 is 0 Å². The van der Waals surface area contributed by atoms with E-state index in [0.29, 0.717) is 26.2 Å². The van der Waals surface area contributed by atoms with Gasteiger partial charge in [-0.15, -0.1) is 0 Å². The molecule has 1 aromatic heterocycles. The van der Waals surface area contributed by atoms with Gasteiger partial charge in [-0.3, -0.25) is 4.79 Å². The molecule has 2 heterocycles. The van der Waals surface area contributed by atoms with Gasteiger partial charge in [0.25, 0.3) is 0 Å². The number of amides is 1. The largest absolute Gasteiger partial charge is 0.380 e. The van der Waals surface area contributed by atoms with Crippen molar-refractivity contribution in [1.29, 1.82) is 0 Å². The summed E-state index contributed by atoms with van der Waals surface area (Å²) >= 11 is 0. The van der Waals surface area contributed by atoms with Gasteiger partial charge in [0, 0.05) is 37.7 Å². The maximum atomic E-state index is 12.8. The number of carbonyl (C=O) groups excluding carboxylic acids is 1. The third-order valence-electron chi connectivity index (χ3n) is 5.49. The molecular weight excluding hydrogens is 350 g/mol. The number of imidazole rings is 1. The summed E-state index contributed by atoms with van der Waals surface area (Å²) in [5, 5.41) is 0. The van der Waals surface area contributed by atoms with E-state index >= 15 is 0 Å². The zero-order valence-electron chi connectivity index (χ0n) is 16.6. The minimum atomic E-state index is 0.0902. The Morgan fingerprint density at radius 1 is 1.11 bits per heavy atom. The first-order valence-corrected chi connectivity index (χ1v) is 10.1. The van der Waals surface area contributed by atoms with Crippen LogP contribution in [-0.4, -0.2) is 35.2 Å². The summed E-state index contributed by atoms with van der Waals surface area (Å²) in [5.41, 5.74) is 4.34. The lowest BCUT2D eigenvalue weighted by atomic mass is 10.1. The molecule has 0 saturated carbocycles. The molecule has 1 saturated heterocycles. The van der Waals surface area contributed by atoms with Crippen LogP contribution in [0.1, 0.15) is 37.6 Å². The predicted octanol–water partition coefficient (Wildman–Crippen LogP) is 4.16. The molecule has 0 unspecified atom stereocenters. The first-order valence-electron chi connectivity index (χ1n) is 10.1. The average molecular weight is 377 g/mol. The minimum Gasteiger partial charge on any atom is -0.380 e. The van der Waals surface area contributed by atoms with Crippen LogP contribution in [0.4, 0.5) is 5.69 Å². The van der Waals surface area contributed by atoms with E-state index in [2.05, 4.69) is 41.8 Å². The van der Waals surface area contributed by atoms with Crippen molar-refractivity contribution in [2.75, 3.05) is 24.7 Å². The smallest absolute Gasteiger partial charge is 0.227 e. The molecule has 1 amide bonds. The van der Waals surface area contributed by atoms with Crippen LogP contribution < -0.4 is 4.90 Å². The van der Waals surface area contributed by atoms with Crippen LogP contribution in [0, 0.1) is 0 Å². The Balaban J connectivity index is 1.62. The maximum absolute atomic E-state index is 12.8. The second-order valence-corrected chi connectivity index (χ2v) is 7.23. The predicted molar refractivity (Wildman–Crippen MR) is 112 cm³/mol. The SMILES string of the molecule is CCOCCn1c([C@@H]2CC(=O)N(c3ccc(CC)cc3)C2)nc2ccccc21. The molecule has 2 aromatic carbocycles. The lowest BCUT2D eigenvalue weighted by molar-refractivity contribution is -0.117. The second kappa shape index (κ2) is 8.15. The number of para-hydroxylation sites is 2. The van der Waals surface area contributed by atoms with Gasteiger partial charge in [-0.2, -0.15) is 0 Å². The average Bonchev–Trinajstić information content (AvgIpc) is 3.29. The van der Waals surface area contributed by atoms with Gasteiger partial charge in [-0.1, -0.05) is 31.2 Å². The molecule has 1 aliphatic heterocycles. The number of hydrogen-bond donors (Lipinski definition) is 0. The Morgan fingerprint density at radius 3 is 2.64 bits per heavy atom. The van der Waals surface area contributed by atoms with E-state index in [-0.39, 0.29) is 11.8 Å². The van der Waals surface area contributed by atoms with Crippen LogP contribution in [0.15, 0.2) is 48.5 Å². The summed E-state index contributed by atoms with van der Waals surface area (Å²) in [4.78, 5) is 19.6. The van der Waals surface area contributed by atoms with Crippen molar-refractivity contribution in [3.8, 4) is 0 Å². The van der Waals surface area contributed by atoms with Crippen LogP contribution in [0.3, 0.4) is 0 Å². The van der Waals surface area contributed by atoms with Crippen LogP contribution >= 0.6 is 0 Å². The van der Waals surface area contributed by atoms with Crippen molar-refractivity contribution in [1.82, 2.24) is 9.55 Å². The van der Waals surface area contributed by atoms with Crippen molar-refractivity contribution in [2.45, 2.75) is 39.2 Å². The number of rotatable bonds is 7. The Labute approximate surface area is 165 Å². The summed E-state index contributed by atoms with van der Waals surface area (Å²) in [7, 11) is 0. The van der Waals surface area contributed by atoms with Crippen molar-refractivity contribution in [2.24, 2.45) is 0 Å². The summed E-state index contributed by atoms with van der Waals surface area (Å²) < 4.78 is 7.81. The Kier molecular flexibility index (Phi) is 5.44. The van der Waals surface area contributed by atoms with Crippen molar-refractivity contribution < 1.29 is 9.53 Å². The monoisotopic (exact) mass is 377 g/mol. The van der Waals surface area contributed by atoms with E-state index in [1.54, 1.807) is 0 Å². The van der Waals surface area contributed by atoms with Crippen LogP contribution in [0.25, 0.3) is 11.0 Å². The Bertz CT molecular complexity index is 962. The highest BCUT2D eigenvalue weighted by molar-refractivity contribution is 5.96.